The molecule has 0 bridgehead atoms. The Hall–Kier alpha value is -3.53. The Morgan fingerprint density at radius 1 is 1.03 bits per heavy atom. The summed E-state index contributed by atoms with van der Waals surface area (Å²) in [5.41, 5.74) is 2.36. The molecular formula is C24H29N5O4S. The maximum Gasteiger partial charge on any atom is 0.251 e. The Bertz CT molecular complexity index is 1150. The monoisotopic (exact) mass is 483 g/mol. The second kappa shape index (κ2) is 12.1. The summed E-state index contributed by atoms with van der Waals surface area (Å²) in [6, 6.07) is 12.7. The maximum atomic E-state index is 12.6. The molecule has 0 saturated heterocycles. The average molecular weight is 484 g/mol. The first-order valence-corrected chi connectivity index (χ1v) is 11.9. The zero-order valence-corrected chi connectivity index (χ0v) is 20.6. The molecule has 0 atom stereocenters. The topological polar surface area (TPSA) is 107 Å². The van der Waals surface area contributed by atoms with Gasteiger partial charge in [-0.15, -0.1) is 10.2 Å². The quantitative estimate of drug-likeness (QED) is 0.402. The second-order valence-corrected chi connectivity index (χ2v) is 8.19. The van der Waals surface area contributed by atoms with Crippen molar-refractivity contribution < 1.29 is 19.1 Å². The zero-order valence-electron chi connectivity index (χ0n) is 19.8. The van der Waals surface area contributed by atoms with Gasteiger partial charge < -0.3 is 24.7 Å². The average Bonchev–Trinajstić information content (AvgIpc) is 3.27. The lowest BCUT2D eigenvalue weighted by Crippen LogP contribution is -2.25. The summed E-state index contributed by atoms with van der Waals surface area (Å²) in [5.74, 6) is 1.46. The van der Waals surface area contributed by atoms with Crippen LogP contribution in [0.1, 0.15) is 35.6 Å². The van der Waals surface area contributed by atoms with Crippen molar-refractivity contribution in [3.05, 3.63) is 59.4 Å². The number of anilines is 1. The van der Waals surface area contributed by atoms with Crippen molar-refractivity contribution in [2.75, 3.05) is 25.3 Å². The number of nitrogens with zero attached hydrogens (tertiary/aromatic N) is 3. The molecule has 3 aromatic rings. The number of benzene rings is 2. The van der Waals surface area contributed by atoms with E-state index in [-0.39, 0.29) is 24.1 Å². The number of methoxy groups -OCH3 is 2. The van der Waals surface area contributed by atoms with Crippen molar-refractivity contribution in [1.82, 2.24) is 20.1 Å². The molecule has 0 aliphatic rings. The summed E-state index contributed by atoms with van der Waals surface area (Å²) in [5, 5.41) is 14.8. The van der Waals surface area contributed by atoms with Gasteiger partial charge in [0.05, 0.1) is 26.5 Å². The molecule has 0 radical (unpaired) electrons. The number of carbonyl (C=O) groups is 2. The molecule has 0 saturated carbocycles. The van der Waals surface area contributed by atoms with Crippen LogP contribution in [-0.2, 0) is 24.3 Å². The molecule has 180 valence electrons. The zero-order chi connectivity index (χ0) is 24.5. The molecule has 2 N–H and O–H groups in total. The number of aryl methyl sites for hydroxylation is 1. The lowest BCUT2D eigenvalue weighted by atomic mass is 10.1. The number of aromatic nitrogens is 3. The molecule has 0 unspecified atom stereocenters. The highest BCUT2D eigenvalue weighted by atomic mass is 32.2. The van der Waals surface area contributed by atoms with Gasteiger partial charge >= 0.3 is 0 Å². The minimum atomic E-state index is -0.269. The number of nitrogens with one attached hydrogen (secondary N) is 2. The smallest absolute Gasteiger partial charge is 0.251 e. The molecule has 2 amide bonds. The van der Waals surface area contributed by atoms with E-state index in [2.05, 4.69) is 27.8 Å². The number of para-hydroxylation sites is 1. The van der Waals surface area contributed by atoms with E-state index in [1.54, 1.807) is 25.3 Å². The van der Waals surface area contributed by atoms with Crippen LogP contribution in [0.3, 0.4) is 0 Å². The van der Waals surface area contributed by atoms with Crippen molar-refractivity contribution in [2.45, 2.75) is 38.5 Å². The van der Waals surface area contributed by atoms with Gasteiger partial charge in [0.15, 0.2) is 22.5 Å². The lowest BCUT2D eigenvalue weighted by molar-refractivity contribution is -0.113. The van der Waals surface area contributed by atoms with Gasteiger partial charge in [-0.05, 0) is 43.2 Å². The molecule has 3 rings (SSSR count). The van der Waals surface area contributed by atoms with Crippen molar-refractivity contribution in [1.29, 1.82) is 0 Å². The van der Waals surface area contributed by atoms with Crippen LogP contribution in [0, 0.1) is 0 Å². The molecule has 2 aromatic carbocycles. The molecule has 1 heterocycles. The van der Waals surface area contributed by atoms with Crippen molar-refractivity contribution in [2.24, 2.45) is 0 Å². The molecule has 0 fully saturated rings. The van der Waals surface area contributed by atoms with Gasteiger partial charge in [0.1, 0.15) is 0 Å². The minimum Gasteiger partial charge on any atom is -0.493 e. The van der Waals surface area contributed by atoms with E-state index in [0.717, 1.165) is 17.7 Å². The Morgan fingerprint density at radius 2 is 1.79 bits per heavy atom. The van der Waals surface area contributed by atoms with Crippen LogP contribution in [0.4, 0.5) is 5.69 Å². The Balaban J connectivity index is 1.59. The SMILES string of the molecule is CCc1ccccc1NC(=O)CSc1nnc(CNC(=O)c2ccc(OC)c(OC)c2)n1CC. The molecule has 10 heteroatoms. The van der Waals surface area contributed by atoms with Crippen LogP contribution in [0.25, 0.3) is 0 Å². The molecule has 34 heavy (non-hydrogen) atoms. The Labute approximate surface area is 203 Å². The number of carbonyl (C=O) groups excluding carboxylic acids is 2. The molecule has 1 aromatic heterocycles. The van der Waals surface area contributed by atoms with Crippen LogP contribution in [0.2, 0.25) is 0 Å². The van der Waals surface area contributed by atoms with Crippen LogP contribution in [0.15, 0.2) is 47.6 Å². The van der Waals surface area contributed by atoms with Gasteiger partial charge in [-0.25, -0.2) is 0 Å². The fourth-order valence-electron chi connectivity index (χ4n) is 3.38. The van der Waals surface area contributed by atoms with E-state index in [1.807, 2.05) is 35.8 Å². The fraction of sp³-hybridized carbons (Fsp3) is 0.333. The van der Waals surface area contributed by atoms with Gasteiger partial charge in [0.25, 0.3) is 5.91 Å². The molecular weight excluding hydrogens is 454 g/mol. The number of hydrogen-bond donors (Lipinski definition) is 2. The van der Waals surface area contributed by atoms with Crippen molar-refractivity contribution in [3.63, 3.8) is 0 Å². The first-order valence-electron chi connectivity index (χ1n) is 10.9. The van der Waals surface area contributed by atoms with Gasteiger partial charge in [0.2, 0.25) is 5.91 Å². The van der Waals surface area contributed by atoms with Crippen LogP contribution < -0.4 is 20.1 Å². The van der Waals surface area contributed by atoms with Gasteiger partial charge in [-0.3, -0.25) is 9.59 Å². The van der Waals surface area contributed by atoms with E-state index < -0.39 is 0 Å². The van der Waals surface area contributed by atoms with E-state index in [9.17, 15) is 9.59 Å². The number of thioether (sulfide) groups is 1. The standard InChI is InChI=1S/C24H29N5O4S/c1-5-16-9-7-8-10-18(16)26-22(30)15-34-24-28-27-21(29(24)6-2)14-25-23(31)17-11-12-19(32-3)20(13-17)33-4/h7-13H,5-6,14-15H2,1-4H3,(H,25,31)(H,26,30). The largest absolute Gasteiger partial charge is 0.493 e. The summed E-state index contributed by atoms with van der Waals surface area (Å²) < 4.78 is 12.3. The predicted octanol–water partition coefficient (Wildman–Crippen LogP) is 3.54. The molecule has 0 aliphatic heterocycles. The number of hydrogen-bond acceptors (Lipinski definition) is 7. The first-order chi connectivity index (χ1) is 16.5. The fourth-order valence-corrected chi connectivity index (χ4v) is 4.20. The number of amides is 2. The van der Waals surface area contributed by atoms with Crippen molar-refractivity contribution >= 4 is 29.3 Å². The van der Waals surface area contributed by atoms with Gasteiger partial charge in [-0.1, -0.05) is 36.9 Å². The van der Waals surface area contributed by atoms with E-state index in [1.165, 1.54) is 18.9 Å². The first kappa shape index (κ1) is 25.1. The van der Waals surface area contributed by atoms with Crippen LogP contribution in [0.5, 0.6) is 11.5 Å². The number of ether oxygens (including phenoxy) is 2. The third-order valence-electron chi connectivity index (χ3n) is 5.17. The van der Waals surface area contributed by atoms with Crippen LogP contribution >= 0.6 is 11.8 Å². The Kier molecular flexibility index (Phi) is 8.92. The highest BCUT2D eigenvalue weighted by Gasteiger charge is 2.16. The lowest BCUT2D eigenvalue weighted by Gasteiger charge is -2.11. The highest BCUT2D eigenvalue weighted by Crippen LogP contribution is 2.27. The van der Waals surface area contributed by atoms with Gasteiger partial charge in [-0.2, -0.15) is 0 Å². The number of rotatable bonds is 11. The normalized spacial score (nSPS) is 10.6. The summed E-state index contributed by atoms with van der Waals surface area (Å²) in [4.78, 5) is 25.1. The predicted molar refractivity (Wildman–Crippen MR) is 132 cm³/mol. The summed E-state index contributed by atoms with van der Waals surface area (Å²) in [6.45, 7) is 4.82. The molecule has 9 nitrogen and oxygen atoms in total. The summed E-state index contributed by atoms with van der Waals surface area (Å²) in [6.07, 6.45) is 0.839. The molecule has 0 spiro atoms. The summed E-state index contributed by atoms with van der Waals surface area (Å²) in [7, 11) is 3.06. The van der Waals surface area contributed by atoms with Crippen molar-refractivity contribution in [3.8, 4) is 11.5 Å². The summed E-state index contributed by atoms with van der Waals surface area (Å²) >= 11 is 1.31. The third-order valence-corrected chi connectivity index (χ3v) is 6.13. The second-order valence-electron chi connectivity index (χ2n) is 7.24. The molecule has 0 aliphatic carbocycles. The van der Waals surface area contributed by atoms with E-state index in [0.29, 0.717) is 34.6 Å². The maximum absolute atomic E-state index is 12.6. The van der Waals surface area contributed by atoms with E-state index in [4.69, 9.17) is 9.47 Å². The van der Waals surface area contributed by atoms with Crippen LogP contribution in [-0.4, -0.2) is 46.6 Å². The van der Waals surface area contributed by atoms with E-state index >= 15 is 0 Å². The minimum absolute atomic E-state index is 0.111. The van der Waals surface area contributed by atoms with Gasteiger partial charge in [0, 0.05) is 17.8 Å². The highest BCUT2D eigenvalue weighted by molar-refractivity contribution is 7.99. The third kappa shape index (κ3) is 6.07. The Morgan fingerprint density at radius 3 is 2.50 bits per heavy atom.